The minimum absolute atomic E-state index is 0.00606. The van der Waals surface area contributed by atoms with Crippen molar-refractivity contribution in [3.05, 3.63) is 30.3 Å². The number of piperidine rings is 2. The van der Waals surface area contributed by atoms with E-state index < -0.39 is 5.41 Å². The van der Waals surface area contributed by atoms with Crippen molar-refractivity contribution in [3.63, 3.8) is 0 Å². The zero-order valence-electron chi connectivity index (χ0n) is 16.6. The molecule has 6 nitrogen and oxygen atoms in total. The second-order valence-corrected chi connectivity index (χ2v) is 8.10. The molecular formula is C21H31N3O3. The summed E-state index contributed by atoms with van der Waals surface area (Å²) in [6.07, 6.45) is 2.48. The van der Waals surface area contributed by atoms with Crippen molar-refractivity contribution < 1.29 is 14.3 Å². The minimum Gasteiger partial charge on any atom is -0.484 e. The van der Waals surface area contributed by atoms with Crippen molar-refractivity contribution in [2.75, 3.05) is 33.3 Å². The van der Waals surface area contributed by atoms with Crippen LogP contribution in [-0.4, -0.2) is 67.0 Å². The zero-order chi connectivity index (χ0) is 19.4. The molecule has 1 aromatic rings. The van der Waals surface area contributed by atoms with Crippen LogP contribution in [0.1, 0.15) is 33.1 Å². The summed E-state index contributed by atoms with van der Waals surface area (Å²) in [6.45, 7) is 6.27. The number of nitrogens with one attached hydrogen (secondary N) is 1. The molecule has 0 saturated carbocycles. The fraction of sp³-hybridized carbons (Fsp3) is 0.619. The van der Waals surface area contributed by atoms with E-state index in [1.807, 2.05) is 49.1 Å². The fourth-order valence-corrected chi connectivity index (χ4v) is 4.35. The number of likely N-dealkylation sites (tertiary alicyclic amines) is 2. The molecule has 2 aliphatic rings. The zero-order valence-corrected chi connectivity index (χ0v) is 16.6. The first kappa shape index (κ1) is 19.7. The Morgan fingerprint density at radius 2 is 1.96 bits per heavy atom. The molecule has 2 aliphatic heterocycles. The van der Waals surface area contributed by atoms with E-state index in [4.69, 9.17) is 4.74 Å². The van der Waals surface area contributed by atoms with Crippen molar-refractivity contribution in [1.29, 1.82) is 0 Å². The van der Waals surface area contributed by atoms with Gasteiger partial charge in [-0.2, -0.15) is 0 Å². The quantitative estimate of drug-likeness (QED) is 0.856. The second kappa shape index (κ2) is 8.30. The van der Waals surface area contributed by atoms with Crippen LogP contribution in [0.2, 0.25) is 0 Å². The van der Waals surface area contributed by atoms with Gasteiger partial charge in [-0.05, 0) is 58.8 Å². The third kappa shape index (κ3) is 4.26. The lowest BCUT2D eigenvalue weighted by atomic mass is 9.67. The molecular weight excluding hydrogens is 342 g/mol. The largest absolute Gasteiger partial charge is 0.484 e. The number of rotatable bonds is 5. The van der Waals surface area contributed by atoms with Gasteiger partial charge in [0.2, 0.25) is 5.91 Å². The van der Waals surface area contributed by atoms with Crippen LogP contribution < -0.4 is 10.1 Å². The number of para-hydroxylation sites is 1. The Morgan fingerprint density at radius 3 is 2.67 bits per heavy atom. The normalized spacial score (nSPS) is 25.8. The Hall–Kier alpha value is -2.08. The van der Waals surface area contributed by atoms with Gasteiger partial charge in [0.1, 0.15) is 5.75 Å². The average molecular weight is 373 g/mol. The molecule has 2 amide bonds. The third-order valence-corrected chi connectivity index (χ3v) is 5.76. The number of carbonyl (C=O) groups excluding carboxylic acids is 2. The number of likely N-dealkylation sites (N-methyl/N-ethyl adjacent to an activating group) is 1. The second-order valence-electron chi connectivity index (χ2n) is 8.10. The van der Waals surface area contributed by atoms with E-state index in [-0.39, 0.29) is 30.5 Å². The minimum atomic E-state index is -0.489. The summed E-state index contributed by atoms with van der Waals surface area (Å²) in [6, 6.07) is 9.38. The first-order valence-electron chi connectivity index (χ1n) is 9.89. The van der Waals surface area contributed by atoms with Gasteiger partial charge in [-0.1, -0.05) is 18.2 Å². The van der Waals surface area contributed by atoms with Crippen LogP contribution in [0.5, 0.6) is 5.75 Å². The predicted octanol–water partition coefficient (Wildman–Crippen LogP) is 1.90. The van der Waals surface area contributed by atoms with Crippen molar-refractivity contribution in [3.8, 4) is 5.75 Å². The molecule has 2 heterocycles. The van der Waals surface area contributed by atoms with E-state index in [2.05, 4.69) is 17.3 Å². The smallest absolute Gasteiger partial charge is 0.260 e. The van der Waals surface area contributed by atoms with Gasteiger partial charge in [-0.15, -0.1) is 0 Å². The molecule has 2 saturated heterocycles. The monoisotopic (exact) mass is 373 g/mol. The van der Waals surface area contributed by atoms with Gasteiger partial charge in [0.15, 0.2) is 6.61 Å². The standard InChI is InChI=1S/C21H31N3O3/c1-16(2)22-20(26)21-10-7-12-24(18(21)14-23(3)13-11-21)19(25)15-27-17-8-5-4-6-9-17/h4-6,8-9,16,18H,7,10-15H2,1-3H3,(H,22,26)/t18-,21+/m0/s1. The number of fused-ring (bicyclic) bond motifs is 1. The number of benzene rings is 1. The highest BCUT2D eigenvalue weighted by Gasteiger charge is 2.53. The highest BCUT2D eigenvalue weighted by atomic mass is 16.5. The van der Waals surface area contributed by atoms with Gasteiger partial charge >= 0.3 is 0 Å². The lowest BCUT2D eigenvalue weighted by molar-refractivity contribution is -0.155. The van der Waals surface area contributed by atoms with E-state index in [0.29, 0.717) is 12.3 Å². The first-order chi connectivity index (χ1) is 12.9. The van der Waals surface area contributed by atoms with Crippen LogP contribution in [0, 0.1) is 5.41 Å². The maximum absolute atomic E-state index is 13.1. The van der Waals surface area contributed by atoms with Crippen LogP contribution in [-0.2, 0) is 9.59 Å². The van der Waals surface area contributed by atoms with Crippen molar-refractivity contribution in [1.82, 2.24) is 15.1 Å². The Balaban J connectivity index is 1.76. The highest BCUT2D eigenvalue weighted by molar-refractivity contribution is 5.86. The van der Waals surface area contributed by atoms with Crippen LogP contribution >= 0.6 is 0 Å². The maximum atomic E-state index is 13.1. The summed E-state index contributed by atoms with van der Waals surface area (Å²) in [5, 5.41) is 3.11. The molecule has 0 radical (unpaired) electrons. The lowest BCUT2D eigenvalue weighted by Crippen LogP contribution is -2.67. The molecule has 3 rings (SSSR count). The van der Waals surface area contributed by atoms with Crippen LogP contribution in [0.3, 0.4) is 0 Å². The van der Waals surface area contributed by atoms with Crippen LogP contribution in [0.25, 0.3) is 0 Å². The molecule has 27 heavy (non-hydrogen) atoms. The van der Waals surface area contributed by atoms with E-state index in [1.54, 1.807) is 0 Å². The van der Waals surface area contributed by atoms with E-state index >= 15 is 0 Å². The number of hydrogen-bond acceptors (Lipinski definition) is 4. The van der Waals surface area contributed by atoms with Gasteiger partial charge in [0.25, 0.3) is 5.91 Å². The molecule has 2 atom stereocenters. The molecule has 0 unspecified atom stereocenters. The summed E-state index contributed by atoms with van der Waals surface area (Å²) >= 11 is 0. The summed E-state index contributed by atoms with van der Waals surface area (Å²) in [4.78, 5) is 30.2. The van der Waals surface area contributed by atoms with Gasteiger partial charge in [0, 0.05) is 19.1 Å². The van der Waals surface area contributed by atoms with Crippen molar-refractivity contribution in [2.45, 2.75) is 45.2 Å². The van der Waals surface area contributed by atoms with E-state index in [1.165, 1.54) is 0 Å². The molecule has 0 aromatic heterocycles. The summed E-state index contributed by atoms with van der Waals surface area (Å²) < 4.78 is 5.68. The topological polar surface area (TPSA) is 61.9 Å². The average Bonchev–Trinajstić information content (AvgIpc) is 2.66. The maximum Gasteiger partial charge on any atom is 0.260 e. The molecule has 2 fully saturated rings. The summed E-state index contributed by atoms with van der Waals surface area (Å²) in [5.41, 5.74) is -0.489. The summed E-state index contributed by atoms with van der Waals surface area (Å²) in [7, 11) is 2.06. The Morgan fingerprint density at radius 1 is 1.22 bits per heavy atom. The number of amides is 2. The number of nitrogens with zero attached hydrogens (tertiary/aromatic N) is 2. The van der Waals surface area contributed by atoms with Crippen LogP contribution in [0.4, 0.5) is 0 Å². The van der Waals surface area contributed by atoms with Gasteiger partial charge in [0.05, 0.1) is 11.5 Å². The van der Waals surface area contributed by atoms with Crippen LogP contribution in [0.15, 0.2) is 30.3 Å². The molecule has 6 heteroatoms. The third-order valence-electron chi connectivity index (χ3n) is 5.76. The summed E-state index contributed by atoms with van der Waals surface area (Å²) in [5.74, 6) is 0.741. The molecule has 0 spiro atoms. The molecule has 1 aromatic carbocycles. The number of hydrogen-bond donors (Lipinski definition) is 1. The molecule has 1 N–H and O–H groups in total. The van der Waals surface area contributed by atoms with Crippen molar-refractivity contribution in [2.24, 2.45) is 5.41 Å². The first-order valence-corrected chi connectivity index (χ1v) is 9.89. The molecule has 0 bridgehead atoms. The van der Waals surface area contributed by atoms with E-state index in [0.717, 1.165) is 32.4 Å². The Kier molecular flexibility index (Phi) is 6.05. The van der Waals surface area contributed by atoms with Gasteiger partial charge in [-0.25, -0.2) is 0 Å². The SMILES string of the molecule is CC(C)NC(=O)[C@@]12CCCN(C(=O)COc3ccccc3)[C@H]1CN(C)CC2. The Bertz CT molecular complexity index is 664. The van der Waals surface area contributed by atoms with E-state index in [9.17, 15) is 9.59 Å². The Labute approximate surface area is 161 Å². The molecule has 148 valence electrons. The lowest BCUT2D eigenvalue weighted by Gasteiger charge is -2.53. The van der Waals surface area contributed by atoms with Gasteiger partial charge in [-0.3, -0.25) is 9.59 Å². The number of ether oxygens (including phenoxy) is 1. The number of carbonyl (C=O) groups is 2. The fourth-order valence-electron chi connectivity index (χ4n) is 4.35. The molecule has 0 aliphatic carbocycles. The van der Waals surface area contributed by atoms with Gasteiger partial charge < -0.3 is 19.9 Å². The van der Waals surface area contributed by atoms with Crippen molar-refractivity contribution >= 4 is 11.8 Å². The highest BCUT2D eigenvalue weighted by Crippen LogP contribution is 2.42. The predicted molar refractivity (Wildman–Crippen MR) is 104 cm³/mol.